The zero-order valence-electron chi connectivity index (χ0n) is 39.3. The lowest BCUT2D eigenvalue weighted by Gasteiger charge is -2.23. The summed E-state index contributed by atoms with van der Waals surface area (Å²) in [5.41, 5.74) is 5.78. The molecule has 4 atom stereocenters. The second kappa shape index (κ2) is 20.7. The Labute approximate surface area is 396 Å². The van der Waals surface area contributed by atoms with E-state index in [2.05, 4.69) is 15.6 Å². The molecule has 0 bridgehead atoms. The smallest absolute Gasteiger partial charge is 0.408 e. The zero-order valence-corrected chi connectivity index (χ0v) is 39.3. The van der Waals surface area contributed by atoms with Crippen LogP contribution in [-0.2, 0) is 20.7 Å². The Morgan fingerprint density at radius 1 is 0.779 bits per heavy atom. The van der Waals surface area contributed by atoms with Crippen LogP contribution in [0.5, 0.6) is 23.0 Å². The molecule has 1 fully saturated rings. The van der Waals surface area contributed by atoms with Crippen LogP contribution in [0.1, 0.15) is 91.6 Å². The van der Waals surface area contributed by atoms with Gasteiger partial charge < -0.3 is 44.1 Å². The van der Waals surface area contributed by atoms with Crippen molar-refractivity contribution in [2.45, 2.75) is 90.4 Å². The SMILES string of the molecule is C/C=C/COC(=O)N[C@H](C(=O)N[C@@H](C)C(=O)Cc1ccc(C2=CN3C(=O)c4cc(OC)c(OCCCOc5cc6c(cc5OC)C(=O)N5C=C(C7CC7)C[C@H]5C=N6)cc4N=C[C@@H]3C2)cc1)C(C)C. The van der Waals surface area contributed by atoms with Crippen molar-refractivity contribution in [3.63, 3.8) is 0 Å². The van der Waals surface area contributed by atoms with Crippen molar-refractivity contribution in [1.29, 1.82) is 0 Å². The lowest BCUT2D eigenvalue weighted by Crippen LogP contribution is -2.53. The van der Waals surface area contributed by atoms with Crippen LogP contribution in [0.2, 0.25) is 0 Å². The van der Waals surface area contributed by atoms with Gasteiger partial charge in [0.25, 0.3) is 11.8 Å². The number of aliphatic imine (C=N–C) groups is 2. The molecule has 16 heteroatoms. The Kier molecular flexibility index (Phi) is 14.4. The average molecular weight is 927 g/mol. The minimum absolute atomic E-state index is 0.0833. The van der Waals surface area contributed by atoms with Crippen LogP contribution in [0.3, 0.4) is 0 Å². The van der Waals surface area contributed by atoms with E-state index >= 15 is 0 Å². The number of ketones is 1. The van der Waals surface area contributed by atoms with Crippen molar-refractivity contribution in [1.82, 2.24) is 20.4 Å². The first-order chi connectivity index (χ1) is 32.8. The van der Waals surface area contributed by atoms with Gasteiger partial charge in [-0.2, -0.15) is 0 Å². The third kappa shape index (κ3) is 10.5. The highest BCUT2D eigenvalue weighted by atomic mass is 16.5. The normalized spacial score (nSPS) is 18.9. The third-order valence-corrected chi connectivity index (χ3v) is 12.7. The number of fused-ring (bicyclic) bond motifs is 4. The molecule has 4 aliphatic heterocycles. The van der Waals surface area contributed by atoms with E-state index < -0.39 is 24.1 Å². The first-order valence-electron chi connectivity index (χ1n) is 23.2. The van der Waals surface area contributed by atoms with Gasteiger partial charge in [-0.15, -0.1) is 0 Å². The van der Waals surface area contributed by atoms with Gasteiger partial charge in [0, 0.05) is 56.2 Å². The molecule has 1 aliphatic carbocycles. The van der Waals surface area contributed by atoms with Crippen LogP contribution in [-0.4, -0.2) is 110 Å². The largest absolute Gasteiger partial charge is 0.493 e. The summed E-state index contributed by atoms with van der Waals surface area (Å²) in [6.45, 7) is 7.68. The summed E-state index contributed by atoms with van der Waals surface area (Å²) in [6, 6.07) is 12.3. The number of benzene rings is 3. The van der Waals surface area contributed by atoms with Gasteiger partial charge in [0.2, 0.25) is 5.91 Å². The van der Waals surface area contributed by atoms with Gasteiger partial charge in [-0.25, -0.2) is 4.79 Å². The number of methoxy groups -OCH3 is 2. The highest BCUT2D eigenvalue weighted by molar-refractivity contribution is 6.06. The van der Waals surface area contributed by atoms with Crippen LogP contribution in [0.4, 0.5) is 16.2 Å². The summed E-state index contributed by atoms with van der Waals surface area (Å²) >= 11 is 0. The summed E-state index contributed by atoms with van der Waals surface area (Å²) in [5.74, 6) is 1.12. The Balaban J connectivity index is 0.839. The second-order valence-electron chi connectivity index (χ2n) is 17.9. The summed E-state index contributed by atoms with van der Waals surface area (Å²) in [7, 11) is 3.06. The van der Waals surface area contributed by atoms with E-state index in [1.54, 1.807) is 80.3 Å². The highest BCUT2D eigenvalue weighted by Gasteiger charge is 2.38. The summed E-state index contributed by atoms with van der Waals surface area (Å²) < 4.78 is 28.7. The van der Waals surface area contributed by atoms with Gasteiger partial charge in [-0.05, 0) is 79.4 Å². The maximum absolute atomic E-state index is 14.0. The first-order valence-corrected chi connectivity index (χ1v) is 23.2. The Morgan fingerprint density at radius 3 is 1.93 bits per heavy atom. The van der Waals surface area contributed by atoms with Gasteiger partial charge in [-0.3, -0.25) is 29.2 Å². The molecular formula is C52H58N6O10. The number of amides is 4. The van der Waals surface area contributed by atoms with Crippen molar-refractivity contribution in [3.8, 4) is 23.0 Å². The standard InChI is InChI=1S/C52H58N6O10/c1-7-8-16-68-52(63)56-48(30(2)3)49(60)55-31(4)43(59)19-32-10-12-33(13-11-32)35-20-37-26-53-41-24-46(44(64-5)22-39(41)50(61)57(37)28-35)66-17-9-18-67-47-25-42-40(23-45(47)65-6)51(62)58-29-36(34-14-15-34)21-38(58)27-54-42/h7-8,10-13,22-31,34,37-38,48H,9,14-21H2,1-6H3,(H,55,60)(H,56,63)/b8-7+/t31-,37-,38-,48-/m0/s1. The predicted molar refractivity (Wildman–Crippen MR) is 257 cm³/mol. The van der Waals surface area contributed by atoms with Crippen LogP contribution < -0.4 is 29.6 Å². The number of Topliss-reactive ketones (excluding diaryl/α,β-unsaturated/α-hetero) is 1. The van der Waals surface area contributed by atoms with E-state index in [9.17, 15) is 24.0 Å². The number of nitrogens with one attached hydrogen (secondary N) is 2. The van der Waals surface area contributed by atoms with E-state index in [4.69, 9.17) is 28.7 Å². The number of nitrogens with zero attached hydrogens (tertiary/aromatic N) is 4. The van der Waals surface area contributed by atoms with Gasteiger partial charge >= 0.3 is 6.09 Å². The number of carbonyl (C=O) groups is 5. The number of hydrogen-bond donors (Lipinski definition) is 2. The number of rotatable bonds is 19. The molecule has 1 saturated carbocycles. The molecule has 4 heterocycles. The number of hydrogen-bond acceptors (Lipinski definition) is 12. The van der Waals surface area contributed by atoms with Crippen LogP contribution in [0.25, 0.3) is 5.57 Å². The molecular weight excluding hydrogens is 869 g/mol. The predicted octanol–water partition coefficient (Wildman–Crippen LogP) is 7.69. The van der Waals surface area contributed by atoms with Gasteiger partial charge in [0.15, 0.2) is 28.8 Å². The maximum Gasteiger partial charge on any atom is 0.408 e. The highest BCUT2D eigenvalue weighted by Crippen LogP contribution is 2.45. The minimum Gasteiger partial charge on any atom is -0.493 e. The number of allylic oxidation sites excluding steroid dienone is 1. The molecule has 0 aromatic heterocycles. The van der Waals surface area contributed by atoms with Gasteiger partial charge in [0.1, 0.15) is 12.6 Å². The minimum atomic E-state index is -0.875. The third-order valence-electron chi connectivity index (χ3n) is 12.7. The maximum atomic E-state index is 14.0. The number of alkyl carbamates (subject to hydrolysis) is 1. The fraction of sp³-hybridized carbons (Fsp3) is 0.404. The average Bonchev–Trinajstić information content (AvgIpc) is 4.01. The first kappa shape index (κ1) is 47.3. The zero-order chi connectivity index (χ0) is 48.1. The van der Waals surface area contributed by atoms with E-state index in [-0.39, 0.29) is 55.2 Å². The molecule has 0 radical (unpaired) electrons. The monoisotopic (exact) mass is 926 g/mol. The molecule has 68 heavy (non-hydrogen) atoms. The van der Waals surface area contributed by atoms with E-state index in [1.807, 2.05) is 49.8 Å². The van der Waals surface area contributed by atoms with Crippen LogP contribution in [0.15, 0.2) is 88.6 Å². The lowest BCUT2D eigenvalue weighted by molar-refractivity contribution is -0.129. The van der Waals surface area contributed by atoms with Crippen molar-refractivity contribution in [3.05, 3.63) is 101 Å². The molecule has 0 unspecified atom stereocenters. The molecule has 3 aromatic rings. The molecule has 0 spiro atoms. The van der Waals surface area contributed by atoms with Gasteiger partial charge in [0.05, 0.1) is 68.1 Å². The fourth-order valence-electron chi connectivity index (χ4n) is 8.62. The Hall–Kier alpha value is -7.23. The lowest BCUT2D eigenvalue weighted by atomic mass is 9.98. The van der Waals surface area contributed by atoms with Crippen molar-refractivity contribution < 1.29 is 47.7 Å². The Bertz CT molecular complexity index is 2610. The molecule has 16 nitrogen and oxygen atoms in total. The number of ether oxygens (including phenoxy) is 5. The van der Waals surface area contributed by atoms with Gasteiger partial charge in [-0.1, -0.05) is 50.3 Å². The van der Waals surface area contributed by atoms with E-state index in [0.717, 1.165) is 23.1 Å². The molecule has 8 rings (SSSR count). The number of carbonyl (C=O) groups excluding carboxylic acids is 5. The Morgan fingerprint density at radius 2 is 1.37 bits per heavy atom. The topological polar surface area (TPSA) is 187 Å². The quantitative estimate of drug-likeness (QED) is 0.0892. The van der Waals surface area contributed by atoms with Crippen molar-refractivity contribution in [2.24, 2.45) is 21.8 Å². The summed E-state index contributed by atoms with van der Waals surface area (Å²) in [4.78, 5) is 78.9. The fourth-order valence-corrected chi connectivity index (χ4v) is 8.62. The van der Waals surface area contributed by atoms with Crippen LogP contribution >= 0.6 is 0 Å². The van der Waals surface area contributed by atoms with Crippen molar-refractivity contribution in [2.75, 3.05) is 34.0 Å². The molecule has 2 N–H and O–H groups in total. The summed E-state index contributed by atoms with van der Waals surface area (Å²) in [6.07, 6.45) is 14.5. The van der Waals surface area contributed by atoms with E-state index in [0.29, 0.717) is 70.9 Å². The summed E-state index contributed by atoms with van der Waals surface area (Å²) in [5, 5.41) is 5.32. The van der Waals surface area contributed by atoms with E-state index in [1.165, 1.54) is 25.5 Å². The second-order valence-corrected chi connectivity index (χ2v) is 17.9. The molecule has 3 aromatic carbocycles. The molecule has 356 valence electrons. The molecule has 5 aliphatic rings. The molecule has 0 saturated heterocycles. The van der Waals surface area contributed by atoms with Crippen molar-refractivity contribution >= 4 is 59.0 Å². The molecule has 4 amide bonds. The van der Waals surface area contributed by atoms with Crippen LogP contribution in [0, 0.1) is 11.8 Å².